The lowest BCUT2D eigenvalue weighted by Crippen LogP contribution is -2.05. The maximum absolute atomic E-state index is 13.8. The fraction of sp³-hybridized carbons (Fsp3) is 0.200. The second-order valence-electron chi connectivity index (χ2n) is 4.51. The van der Waals surface area contributed by atoms with Crippen LogP contribution in [0.5, 0.6) is 0 Å². The van der Waals surface area contributed by atoms with Crippen molar-refractivity contribution >= 4 is 15.9 Å². The van der Waals surface area contributed by atoms with E-state index in [9.17, 15) is 13.9 Å². The van der Waals surface area contributed by atoms with E-state index < -0.39 is 11.9 Å². The van der Waals surface area contributed by atoms with Gasteiger partial charge in [0.1, 0.15) is 17.7 Å². The molecule has 2 aromatic carbocycles. The first-order valence-corrected chi connectivity index (χ1v) is 6.59. The highest BCUT2D eigenvalue weighted by molar-refractivity contribution is 9.10. The Kier molecular flexibility index (Phi) is 4.02. The number of aryl methyl sites for hydroxylation is 2. The number of hydrogen-bond acceptors (Lipinski definition) is 1. The molecule has 1 atom stereocenters. The molecule has 0 saturated carbocycles. The molecule has 0 amide bonds. The van der Waals surface area contributed by atoms with Crippen LogP contribution in [0.25, 0.3) is 0 Å². The molecule has 19 heavy (non-hydrogen) atoms. The van der Waals surface area contributed by atoms with E-state index in [0.717, 1.165) is 0 Å². The molecule has 0 bridgehead atoms. The highest BCUT2D eigenvalue weighted by atomic mass is 79.9. The minimum absolute atomic E-state index is 0.160. The molecule has 0 radical (unpaired) electrons. The Morgan fingerprint density at radius 2 is 1.68 bits per heavy atom. The fourth-order valence-electron chi connectivity index (χ4n) is 2.08. The largest absolute Gasteiger partial charge is 0.384 e. The highest BCUT2D eigenvalue weighted by Gasteiger charge is 2.19. The molecule has 0 saturated heterocycles. The molecule has 4 heteroatoms. The third-order valence-electron chi connectivity index (χ3n) is 3.05. The van der Waals surface area contributed by atoms with Crippen LogP contribution in [0.3, 0.4) is 0 Å². The van der Waals surface area contributed by atoms with Gasteiger partial charge in [0.25, 0.3) is 0 Å². The number of benzene rings is 2. The summed E-state index contributed by atoms with van der Waals surface area (Å²) in [6.07, 6.45) is -1.13. The molecule has 100 valence electrons. The molecule has 0 heterocycles. The van der Waals surface area contributed by atoms with Gasteiger partial charge in [-0.2, -0.15) is 0 Å². The van der Waals surface area contributed by atoms with Gasteiger partial charge in [-0.3, -0.25) is 0 Å². The molecule has 0 fully saturated rings. The zero-order valence-corrected chi connectivity index (χ0v) is 12.1. The summed E-state index contributed by atoms with van der Waals surface area (Å²) in [5.41, 5.74) is 1.50. The lowest BCUT2D eigenvalue weighted by Gasteiger charge is -2.16. The summed E-state index contributed by atoms with van der Waals surface area (Å²) < 4.78 is 27.9. The van der Waals surface area contributed by atoms with Crippen molar-refractivity contribution < 1.29 is 13.9 Å². The Morgan fingerprint density at radius 3 is 2.21 bits per heavy atom. The number of hydrogen-bond donors (Lipinski definition) is 1. The van der Waals surface area contributed by atoms with Crippen molar-refractivity contribution in [1.82, 2.24) is 0 Å². The first kappa shape index (κ1) is 14.2. The third-order valence-corrected chi connectivity index (χ3v) is 3.74. The van der Waals surface area contributed by atoms with E-state index in [1.807, 2.05) is 0 Å². The SMILES string of the molecule is Cc1cc(C(O)c2c(F)cccc2Br)cc(C)c1F. The molecule has 0 aliphatic heterocycles. The standard InChI is InChI=1S/C15H13BrF2O/c1-8-6-10(7-9(2)14(8)18)15(19)13-11(16)4-3-5-12(13)17/h3-7,15,19H,1-2H3. The van der Waals surface area contributed by atoms with Gasteiger partial charge in [-0.25, -0.2) is 8.78 Å². The Labute approximate surface area is 119 Å². The third kappa shape index (κ3) is 2.69. The van der Waals surface area contributed by atoms with Gasteiger partial charge in [0.15, 0.2) is 0 Å². The predicted octanol–water partition coefficient (Wildman–Crippen LogP) is 4.43. The van der Waals surface area contributed by atoms with Crippen molar-refractivity contribution in [2.45, 2.75) is 20.0 Å². The Hall–Kier alpha value is -1.26. The minimum atomic E-state index is -1.13. The van der Waals surface area contributed by atoms with E-state index in [1.165, 1.54) is 18.2 Å². The van der Waals surface area contributed by atoms with E-state index in [1.54, 1.807) is 26.0 Å². The Balaban J connectivity index is 2.53. The quantitative estimate of drug-likeness (QED) is 0.865. The summed E-state index contributed by atoms with van der Waals surface area (Å²) in [6, 6.07) is 7.56. The van der Waals surface area contributed by atoms with Crippen molar-refractivity contribution in [3.63, 3.8) is 0 Å². The number of aliphatic hydroxyl groups is 1. The second-order valence-corrected chi connectivity index (χ2v) is 5.36. The van der Waals surface area contributed by atoms with Crippen molar-refractivity contribution in [3.05, 3.63) is 68.7 Å². The van der Waals surface area contributed by atoms with Crippen LogP contribution in [-0.2, 0) is 0 Å². The van der Waals surface area contributed by atoms with Crippen molar-refractivity contribution in [3.8, 4) is 0 Å². The number of halogens is 3. The predicted molar refractivity (Wildman–Crippen MR) is 74.0 cm³/mol. The second kappa shape index (κ2) is 5.39. The van der Waals surface area contributed by atoms with Gasteiger partial charge in [0.2, 0.25) is 0 Å². The molecular formula is C15H13BrF2O. The first-order chi connectivity index (χ1) is 8.91. The first-order valence-electron chi connectivity index (χ1n) is 5.80. The normalized spacial score (nSPS) is 12.5. The van der Waals surface area contributed by atoms with Crippen LogP contribution in [0.2, 0.25) is 0 Å². The fourth-order valence-corrected chi connectivity index (χ4v) is 2.63. The van der Waals surface area contributed by atoms with Gasteiger partial charge in [-0.15, -0.1) is 0 Å². The zero-order valence-electron chi connectivity index (χ0n) is 10.5. The minimum Gasteiger partial charge on any atom is -0.384 e. The molecule has 0 spiro atoms. The van der Waals surface area contributed by atoms with E-state index in [0.29, 0.717) is 21.2 Å². The van der Waals surface area contributed by atoms with Gasteiger partial charge in [-0.1, -0.05) is 34.1 Å². The number of rotatable bonds is 2. The van der Waals surface area contributed by atoms with E-state index in [2.05, 4.69) is 15.9 Å². The summed E-state index contributed by atoms with van der Waals surface area (Å²) in [5.74, 6) is -0.801. The summed E-state index contributed by atoms with van der Waals surface area (Å²) in [5, 5.41) is 10.3. The summed E-state index contributed by atoms with van der Waals surface area (Å²) in [6.45, 7) is 3.24. The van der Waals surface area contributed by atoms with E-state index >= 15 is 0 Å². The van der Waals surface area contributed by atoms with Crippen LogP contribution in [0.4, 0.5) is 8.78 Å². The van der Waals surface area contributed by atoms with Gasteiger partial charge >= 0.3 is 0 Å². The molecule has 0 aliphatic carbocycles. The lowest BCUT2D eigenvalue weighted by atomic mass is 9.97. The van der Waals surface area contributed by atoms with Gasteiger partial charge in [0, 0.05) is 10.0 Å². The smallest absolute Gasteiger partial charge is 0.130 e. The summed E-state index contributed by atoms with van der Waals surface area (Å²) in [4.78, 5) is 0. The summed E-state index contributed by atoms with van der Waals surface area (Å²) >= 11 is 3.22. The van der Waals surface area contributed by atoms with Crippen LogP contribution in [0, 0.1) is 25.5 Å². The average Bonchev–Trinajstić information content (AvgIpc) is 2.35. The van der Waals surface area contributed by atoms with Crippen molar-refractivity contribution in [2.24, 2.45) is 0 Å². The number of aliphatic hydroxyl groups excluding tert-OH is 1. The van der Waals surface area contributed by atoms with Crippen molar-refractivity contribution in [1.29, 1.82) is 0 Å². The summed E-state index contributed by atoms with van der Waals surface area (Å²) in [7, 11) is 0. The van der Waals surface area contributed by atoms with E-state index in [-0.39, 0.29) is 11.4 Å². The van der Waals surface area contributed by atoms with Gasteiger partial charge < -0.3 is 5.11 Å². The maximum atomic E-state index is 13.8. The highest BCUT2D eigenvalue weighted by Crippen LogP contribution is 2.32. The molecule has 0 aromatic heterocycles. The van der Waals surface area contributed by atoms with Gasteiger partial charge in [-0.05, 0) is 42.7 Å². The maximum Gasteiger partial charge on any atom is 0.130 e. The monoisotopic (exact) mass is 326 g/mol. The Bertz CT molecular complexity index is 582. The van der Waals surface area contributed by atoms with Crippen LogP contribution >= 0.6 is 15.9 Å². The molecular weight excluding hydrogens is 314 g/mol. The molecule has 1 unspecified atom stereocenters. The zero-order chi connectivity index (χ0) is 14.2. The van der Waals surface area contributed by atoms with Crippen molar-refractivity contribution in [2.75, 3.05) is 0 Å². The lowest BCUT2D eigenvalue weighted by molar-refractivity contribution is 0.214. The average molecular weight is 327 g/mol. The van der Waals surface area contributed by atoms with Crippen LogP contribution < -0.4 is 0 Å². The molecule has 2 aromatic rings. The molecule has 1 nitrogen and oxygen atoms in total. The Morgan fingerprint density at radius 1 is 1.11 bits per heavy atom. The molecule has 1 N–H and O–H groups in total. The van der Waals surface area contributed by atoms with Gasteiger partial charge in [0.05, 0.1) is 0 Å². The topological polar surface area (TPSA) is 20.2 Å². The van der Waals surface area contributed by atoms with Crippen LogP contribution in [-0.4, -0.2) is 5.11 Å². The van der Waals surface area contributed by atoms with E-state index in [4.69, 9.17) is 0 Å². The van der Waals surface area contributed by atoms with Crippen LogP contribution in [0.15, 0.2) is 34.8 Å². The molecule has 2 rings (SSSR count). The van der Waals surface area contributed by atoms with Crippen LogP contribution in [0.1, 0.15) is 28.4 Å². The molecule has 0 aliphatic rings.